The summed E-state index contributed by atoms with van der Waals surface area (Å²) in [5.41, 5.74) is 7.39. The van der Waals surface area contributed by atoms with Crippen LogP contribution in [0.3, 0.4) is 0 Å². The third-order valence-electron chi connectivity index (χ3n) is 6.04. The topological polar surface area (TPSA) is 66.1 Å². The van der Waals surface area contributed by atoms with E-state index in [1.165, 1.54) is 72.9 Å². The zero-order valence-corrected chi connectivity index (χ0v) is 16.7. The monoisotopic (exact) mass is 385 g/mol. The lowest BCUT2D eigenvalue weighted by molar-refractivity contribution is 0.158. The first-order valence-corrected chi connectivity index (χ1v) is 10.9. The van der Waals surface area contributed by atoms with Crippen molar-refractivity contribution in [2.24, 2.45) is 5.92 Å². The van der Waals surface area contributed by atoms with E-state index in [0.29, 0.717) is 5.92 Å². The molecule has 0 saturated carbocycles. The van der Waals surface area contributed by atoms with E-state index in [1.807, 2.05) is 0 Å². The highest BCUT2D eigenvalue weighted by molar-refractivity contribution is 7.96. The molecule has 2 heterocycles. The Labute approximate surface area is 164 Å². The summed E-state index contributed by atoms with van der Waals surface area (Å²) in [5.74, 6) is 1.38. The smallest absolute Gasteiger partial charge is 0.225 e. The highest BCUT2D eigenvalue weighted by Crippen LogP contribution is 2.39. The number of hydrogen-bond acceptors (Lipinski definition) is 6. The molecule has 1 aromatic carbocycles. The number of benzene rings is 1. The van der Waals surface area contributed by atoms with Crippen LogP contribution in [-0.4, -0.2) is 46.3 Å². The van der Waals surface area contributed by atoms with E-state index in [2.05, 4.69) is 25.9 Å². The molecule has 1 atom stereocenters. The molecule has 2 aromatic rings. The summed E-state index contributed by atoms with van der Waals surface area (Å²) in [7, 11) is 1.78. The van der Waals surface area contributed by atoms with E-state index < -0.39 is 0 Å². The minimum Gasteiger partial charge on any atom is -0.384 e. The molecule has 5 rings (SSSR count). The molecule has 3 aliphatic rings. The second-order valence-electron chi connectivity index (χ2n) is 7.91. The average Bonchev–Trinajstić information content (AvgIpc) is 3.43. The zero-order chi connectivity index (χ0) is 18.2. The van der Waals surface area contributed by atoms with Crippen LogP contribution in [0.15, 0.2) is 11.2 Å². The fourth-order valence-electron chi connectivity index (χ4n) is 4.80. The van der Waals surface area contributed by atoms with Crippen molar-refractivity contribution in [1.29, 1.82) is 0 Å². The summed E-state index contributed by atoms with van der Waals surface area (Å²) < 4.78 is 7.63. The summed E-state index contributed by atoms with van der Waals surface area (Å²) in [6.45, 7) is 2.94. The Morgan fingerprint density at radius 2 is 2.00 bits per heavy atom. The van der Waals surface area contributed by atoms with Crippen molar-refractivity contribution in [3.63, 3.8) is 0 Å². The van der Waals surface area contributed by atoms with Crippen molar-refractivity contribution in [3.8, 4) is 0 Å². The zero-order valence-electron chi connectivity index (χ0n) is 15.9. The molecule has 7 heteroatoms. The SMILES string of the molecule is COCC1CCN(Sc2n[nH]c(Nc3c4c(cc5c3CCC5)CCC4)n2)C1. The molecule has 1 unspecified atom stereocenters. The largest absolute Gasteiger partial charge is 0.384 e. The normalized spacial score (nSPS) is 21.6. The predicted octanol–water partition coefficient (Wildman–Crippen LogP) is 3.50. The van der Waals surface area contributed by atoms with Crippen LogP contribution in [0, 0.1) is 5.92 Å². The van der Waals surface area contributed by atoms with Gasteiger partial charge in [-0.2, -0.15) is 4.98 Å². The molecule has 0 spiro atoms. The van der Waals surface area contributed by atoms with Crippen molar-refractivity contribution in [2.45, 2.75) is 50.1 Å². The van der Waals surface area contributed by atoms with E-state index >= 15 is 0 Å². The van der Waals surface area contributed by atoms with Gasteiger partial charge in [0.2, 0.25) is 11.1 Å². The van der Waals surface area contributed by atoms with Crippen LogP contribution < -0.4 is 5.32 Å². The molecular formula is C20H27N5OS. The molecule has 1 aromatic heterocycles. The lowest BCUT2D eigenvalue weighted by atomic mass is 9.99. The third kappa shape index (κ3) is 3.48. The van der Waals surface area contributed by atoms with Gasteiger partial charge < -0.3 is 10.1 Å². The number of rotatable bonds is 6. The first-order chi connectivity index (χ1) is 13.3. The van der Waals surface area contributed by atoms with Gasteiger partial charge in [0.15, 0.2) is 0 Å². The van der Waals surface area contributed by atoms with Crippen molar-refractivity contribution < 1.29 is 4.74 Å². The molecule has 144 valence electrons. The average molecular weight is 386 g/mol. The van der Waals surface area contributed by atoms with E-state index in [4.69, 9.17) is 9.72 Å². The summed E-state index contributed by atoms with van der Waals surface area (Å²) in [5, 5.41) is 11.9. The fraction of sp³-hybridized carbons (Fsp3) is 0.600. The molecule has 2 N–H and O–H groups in total. The van der Waals surface area contributed by atoms with E-state index in [9.17, 15) is 0 Å². The van der Waals surface area contributed by atoms with Crippen LogP contribution in [0.2, 0.25) is 0 Å². The van der Waals surface area contributed by atoms with Crippen LogP contribution in [0.5, 0.6) is 0 Å². The minimum atomic E-state index is 0.619. The van der Waals surface area contributed by atoms with Gasteiger partial charge in [-0.15, -0.1) is 5.10 Å². The van der Waals surface area contributed by atoms with Gasteiger partial charge in [0.25, 0.3) is 0 Å². The third-order valence-corrected chi connectivity index (χ3v) is 6.98. The highest BCUT2D eigenvalue weighted by atomic mass is 32.2. The standard InChI is InChI=1S/C20H27N5OS/c1-26-12-13-8-9-25(11-13)27-20-22-19(23-24-20)21-18-16-6-2-4-14(16)10-15-5-3-7-17(15)18/h10,13H,2-9,11-12H2,1H3,(H2,21,22,23,24). The van der Waals surface area contributed by atoms with Gasteiger partial charge >= 0.3 is 0 Å². The molecule has 1 aliphatic heterocycles. The molecule has 2 aliphatic carbocycles. The van der Waals surface area contributed by atoms with Crippen molar-refractivity contribution in [1.82, 2.24) is 19.5 Å². The first-order valence-electron chi connectivity index (χ1n) is 10.1. The number of anilines is 2. The second kappa shape index (κ2) is 7.45. The lowest BCUT2D eigenvalue weighted by Crippen LogP contribution is -2.14. The number of aromatic nitrogens is 3. The van der Waals surface area contributed by atoms with Crippen LogP contribution in [0.1, 0.15) is 41.5 Å². The summed E-state index contributed by atoms with van der Waals surface area (Å²) in [4.78, 5) is 4.70. The van der Waals surface area contributed by atoms with Crippen molar-refractivity contribution >= 4 is 23.6 Å². The van der Waals surface area contributed by atoms with E-state index in [-0.39, 0.29) is 0 Å². The van der Waals surface area contributed by atoms with Crippen molar-refractivity contribution in [2.75, 3.05) is 32.1 Å². The van der Waals surface area contributed by atoms with Crippen LogP contribution >= 0.6 is 11.9 Å². The Balaban J connectivity index is 1.31. The second-order valence-corrected chi connectivity index (χ2v) is 8.98. The van der Waals surface area contributed by atoms with Gasteiger partial charge in [-0.3, -0.25) is 0 Å². The molecule has 1 saturated heterocycles. The van der Waals surface area contributed by atoms with Crippen molar-refractivity contribution in [3.05, 3.63) is 28.3 Å². The predicted molar refractivity (Wildman–Crippen MR) is 108 cm³/mol. The Kier molecular flexibility index (Phi) is 4.83. The summed E-state index contributed by atoms with van der Waals surface area (Å²) in [6.07, 6.45) is 8.49. The van der Waals surface area contributed by atoms with Gasteiger partial charge in [-0.1, -0.05) is 6.07 Å². The van der Waals surface area contributed by atoms with Crippen LogP contribution in [0.25, 0.3) is 0 Å². The number of nitrogens with one attached hydrogen (secondary N) is 2. The number of methoxy groups -OCH3 is 1. The first kappa shape index (κ1) is 17.5. The lowest BCUT2D eigenvalue weighted by Gasteiger charge is -2.15. The molecule has 0 radical (unpaired) electrons. The number of nitrogens with zero attached hydrogens (tertiary/aromatic N) is 3. The maximum Gasteiger partial charge on any atom is 0.225 e. The molecule has 0 bridgehead atoms. The molecule has 1 fully saturated rings. The number of hydrogen-bond donors (Lipinski definition) is 2. The van der Waals surface area contributed by atoms with E-state index in [0.717, 1.165) is 30.8 Å². The molecule has 27 heavy (non-hydrogen) atoms. The Bertz CT molecular complexity index is 804. The van der Waals surface area contributed by atoms with Gasteiger partial charge in [0.05, 0.1) is 6.61 Å². The Morgan fingerprint density at radius 3 is 2.74 bits per heavy atom. The summed E-state index contributed by atoms with van der Waals surface area (Å²) in [6, 6.07) is 2.46. The number of H-pyrrole nitrogens is 1. The number of ether oxygens (including phenoxy) is 1. The molecule has 6 nitrogen and oxygen atoms in total. The Hall–Kier alpha value is -1.57. The minimum absolute atomic E-state index is 0.619. The maximum atomic E-state index is 5.28. The maximum absolute atomic E-state index is 5.28. The Morgan fingerprint density at radius 1 is 1.22 bits per heavy atom. The van der Waals surface area contributed by atoms with E-state index in [1.54, 1.807) is 19.1 Å². The van der Waals surface area contributed by atoms with Gasteiger partial charge in [0.1, 0.15) is 0 Å². The van der Waals surface area contributed by atoms with Crippen LogP contribution in [0.4, 0.5) is 11.6 Å². The molecular weight excluding hydrogens is 358 g/mol. The number of fused-ring (bicyclic) bond motifs is 2. The van der Waals surface area contributed by atoms with Gasteiger partial charge in [-0.05, 0) is 73.1 Å². The van der Waals surface area contributed by atoms with Crippen LogP contribution in [-0.2, 0) is 30.4 Å². The molecule has 0 amide bonds. The summed E-state index contributed by atoms with van der Waals surface area (Å²) >= 11 is 1.65. The van der Waals surface area contributed by atoms with Gasteiger partial charge in [-0.25, -0.2) is 9.40 Å². The number of aryl methyl sites for hydroxylation is 2. The number of aromatic amines is 1. The highest BCUT2D eigenvalue weighted by Gasteiger charge is 2.26. The quantitative estimate of drug-likeness (QED) is 0.742. The van der Waals surface area contributed by atoms with Gasteiger partial charge in [0, 0.05) is 37.8 Å². The fourth-order valence-corrected chi connectivity index (χ4v) is 5.73.